The molecule has 19 heavy (non-hydrogen) atoms. The molecule has 1 unspecified atom stereocenters. The molecule has 108 valence electrons. The van der Waals surface area contributed by atoms with E-state index in [9.17, 15) is 5.11 Å². The number of rotatable bonds is 8. The summed E-state index contributed by atoms with van der Waals surface area (Å²) >= 11 is 1.53. The maximum Gasteiger partial charge on any atom is 0.191 e. The summed E-state index contributed by atoms with van der Waals surface area (Å²) in [6.07, 6.45) is 3.47. The molecule has 1 heterocycles. The largest absolute Gasteiger partial charge is 0.393 e. The fourth-order valence-electron chi connectivity index (χ4n) is 1.54. The number of hydrogen-bond donors (Lipinski definition) is 2. The van der Waals surface area contributed by atoms with Crippen molar-refractivity contribution in [2.75, 3.05) is 36.6 Å². The summed E-state index contributed by atoms with van der Waals surface area (Å²) in [6.45, 7) is 5.60. The van der Waals surface area contributed by atoms with Gasteiger partial charge in [0.05, 0.1) is 6.10 Å². The number of aromatic nitrogens is 2. The fraction of sp³-hybridized carbons (Fsp3) is 0.692. The summed E-state index contributed by atoms with van der Waals surface area (Å²) in [4.78, 5) is 11.0. The van der Waals surface area contributed by atoms with E-state index in [4.69, 9.17) is 0 Å². The maximum atomic E-state index is 9.34. The van der Waals surface area contributed by atoms with Crippen LogP contribution in [0.3, 0.4) is 0 Å². The molecule has 0 amide bonds. The lowest BCUT2D eigenvalue weighted by atomic mass is 10.3. The summed E-state index contributed by atoms with van der Waals surface area (Å²) in [5.74, 6) is 1.75. The van der Waals surface area contributed by atoms with Crippen LogP contribution in [-0.2, 0) is 0 Å². The molecule has 0 aliphatic heterocycles. The molecule has 0 aliphatic carbocycles. The Balaban J connectivity index is 2.79. The van der Waals surface area contributed by atoms with Gasteiger partial charge in [0.2, 0.25) is 0 Å². The summed E-state index contributed by atoms with van der Waals surface area (Å²) in [6, 6.07) is 1.96. The second-order valence-electron chi connectivity index (χ2n) is 4.58. The third-order valence-electron chi connectivity index (χ3n) is 2.70. The van der Waals surface area contributed by atoms with Gasteiger partial charge in [-0.2, -0.15) is 0 Å². The number of hydrogen-bond acceptors (Lipinski definition) is 6. The Morgan fingerprint density at radius 2 is 2.21 bits per heavy atom. The molecule has 0 spiro atoms. The van der Waals surface area contributed by atoms with Gasteiger partial charge in [-0.25, -0.2) is 9.97 Å². The normalized spacial score (nSPS) is 12.3. The Hall–Kier alpha value is -1.01. The molecule has 2 N–H and O–H groups in total. The number of thioether (sulfide) groups is 1. The molecule has 5 nitrogen and oxygen atoms in total. The van der Waals surface area contributed by atoms with Crippen LogP contribution in [0, 0.1) is 0 Å². The number of nitrogens with one attached hydrogen (secondary N) is 1. The first-order valence-corrected chi connectivity index (χ1v) is 7.85. The second-order valence-corrected chi connectivity index (χ2v) is 5.36. The van der Waals surface area contributed by atoms with Crippen molar-refractivity contribution in [3.8, 4) is 0 Å². The van der Waals surface area contributed by atoms with Gasteiger partial charge in [-0.15, -0.1) is 0 Å². The first kappa shape index (κ1) is 16.0. The van der Waals surface area contributed by atoms with E-state index < -0.39 is 0 Å². The zero-order valence-corrected chi connectivity index (χ0v) is 13.0. The molecule has 0 aliphatic rings. The van der Waals surface area contributed by atoms with Gasteiger partial charge in [0.1, 0.15) is 11.6 Å². The molecule has 0 fully saturated rings. The van der Waals surface area contributed by atoms with Crippen LogP contribution < -0.4 is 10.2 Å². The van der Waals surface area contributed by atoms with Crippen molar-refractivity contribution < 1.29 is 5.11 Å². The van der Waals surface area contributed by atoms with Crippen LogP contribution in [0.1, 0.15) is 26.7 Å². The summed E-state index contributed by atoms with van der Waals surface area (Å²) in [7, 11) is 1.98. The minimum absolute atomic E-state index is 0.290. The van der Waals surface area contributed by atoms with E-state index in [1.807, 2.05) is 24.3 Å². The van der Waals surface area contributed by atoms with Crippen LogP contribution in [0.15, 0.2) is 11.2 Å². The van der Waals surface area contributed by atoms with Gasteiger partial charge in [-0.1, -0.05) is 18.7 Å². The Morgan fingerprint density at radius 3 is 2.79 bits per heavy atom. The second kappa shape index (κ2) is 8.22. The minimum atomic E-state index is -0.290. The van der Waals surface area contributed by atoms with Crippen molar-refractivity contribution in [2.24, 2.45) is 0 Å². The Bertz CT molecular complexity index is 387. The highest BCUT2D eigenvalue weighted by Crippen LogP contribution is 2.20. The lowest BCUT2D eigenvalue weighted by Gasteiger charge is -2.20. The van der Waals surface area contributed by atoms with Gasteiger partial charge in [0.15, 0.2) is 5.16 Å². The number of aliphatic hydroxyl groups is 1. The molecule has 0 radical (unpaired) electrons. The van der Waals surface area contributed by atoms with Crippen LogP contribution in [0.5, 0.6) is 0 Å². The topological polar surface area (TPSA) is 61.3 Å². The van der Waals surface area contributed by atoms with Gasteiger partial charge in [0, 0.05) is 26.2 Å². The molecule has 0 saturated carbocycles. The van der Waals surface area contributed by atoms with Crippen LogP contribution in [-0.4, -0.2) is 47.6 Å². The van der Waals surface area contributed by atoms with Gasteiger partial charge in [-0.3, -0.25) is 0 Å². The Labute approximate surface area is 119 Å². The van der Waals surface area contributed by atoms with E-state index in [1.165, 1.54) is 11.8 Å². The molecule has 0 bridgehead atoms. The molecule has 1 aromatic heterocycles. The highest BCUT2D eigenvalue weighted by Gasteiger charge is 2.09. The molecular weight excluding hydrogens is 260 g/mol. The predicted molar refractivity (Wildman–Crippen MR) is 82.2 cm³/mol. The standard InChI is InChI=1S/C13H24N4OS/c1-5-7-14-11-9-12(16-13(15-11)19-4)17(3)8-6-10(2)18/h9-10,18H,5-8H2,1-4H3,(H,14,15,16). The van der Waals surface area contributed by atoms with Crippen molar-refractivity contribution >= 4 is 23.4 Å². The zero-order chi connectivity index (χ0) is 14.3. The van der Waals surface area contributed by atoms with Gasteiger partial charge >= 0.3 is 0 Å². The average molecular weight is 284 g/mol. The number of aliphatic hydroxyl groups excluding tert-OH is 1. The SMILES string of the molecule is CCCNc1cc(N(C)CCC(C)O)nc(SC)n1. The summed E-state index contributed by atoms with van der Waals surface area (Å²) in [5.41, 5.74) is 0. The number of nitrogens with zero attached hydrogens (tertiary/aromatic N) is 3. The number of anilines is 2. The fourth-order valence-corrected chi connectivity index (χ4v) is 1.91. The van der Waals surface area contributed by atoms with E-state index in [0.717, 1.165) is 42.7 Å². The average Bonchev–Trinajstić information content (AvgIpc) is 2.41. The summed E-state index contributed by atoms with van der Waals surface area (Å²) < 4.78 is 0. The lowest BCUT2D eigenvalue weighted by molar-refractivity contribution is 0.187. The van der Waals surface area contributed by atoms with Crippen molar-refractivity contribution in [2.45, 2.75) is 37.9 Å². The summed E-state index contributed by atoms with van der Waals surface area (Å²) in [5, 5.41) is 13.4. The van der Waals surface area contributed by atoms with Gasteiger partial charge in [-0.05, 0) is 26.0 Å². The Morgan fingerprint density at radius 1 is 1.47 bits per heavy atom. The highest BCUT2D eigenvalue weighted by atomic mass is 32.2. The van der Waals surface area contributed by atoms with Crippen LogP contribution in [0.25, 0.3) is 0 Å². The third kappa shape index (κ3) is 5.65. The van der Waals surface area contributed by atoms with Crippen LogP contribution in [0.4, 0.5) is 11.6 Å². The molecule has 0 aromatic carbocycles. The van der Waals surface area contributed by atoms with E-state index in [1.54, 1.807) is 6.92 Å². The quantitative estimate of drug-likeness (QED) is 0.564. The zero-order valence-electron chi connectivity index (χ0n) is 12.2. The molecule has 1 atom stereocenters. The predicted octanol–water partition coefficient (Wildman–Crippen LogP) is 2.23. The van der Waals surface area contributed by atoms with Gasteiger partial charge in [0.25, 0.3) is 0 Å². The van der Waals surface area contributed by atoms with E-state index >= 15 is 0 Å². The van der Waals surface area contributed by atoms with Crippen molar-refractivity contribution in [3.05, 3.63) is 6.07 Å². The van der Waals surface area contributed by atoms with Gasteiger partial charge < -0.3 is 15.3 Å². The third-order valence-corrected chi connectivity index (χ3v) is 3.25. The van der Waals surface area contributed by atoms with Crippen LogP contribution in [0.2, 0.25) is 0 Å². The minimum Gasteiger partial charge on any atom is -0.393 e. The molecular formula is C13H24N4OS. The van der Waals surface area contributed by atoms with Crippen LogP contribution >= 0.6 is 11.8 Å². The maximum absolute atomic E-state index is 9.34. The van der Waals surface area contributed by atoms with Crippen molar-refractivity contribution in [1.82, 2.24) is 9.97 Å². The molecule has 6 heteroatoms. The lowest BCUT2D eigenvalue weighted by Crippen LogP contribution is -2.23. The monoisotopic (exact) mass is 284 g/mol. The van der Waals surface area contributed by atoms with E-state index in [2.05, 4.69) is 22.2 Å². The van der Waals surface area contributed by atoms with Crippen molar-refractivity contribution in [1.29, 1.82) is 0 Å². The Kier molecular flexibility index (Phi) is 6.94. The highest BCUT2D eigenvalue weighted by molar-refractivity contribution is 7.98. The molecule has 0 saturated heterocycles. The molecule has 1 aromatic rings. The first-order valence-electron chi connectivity index (χ1n) is 6.63. The molecule has 1 rings (SSSR count). The van der Waals surface area contributed by atoms with E-state index in [-0.39, 0.29) is 6.10 Å². The smallest absolute Gasteiger partial charge is 0.191 e. The van der Waals surface area contributed by atoms with E-state index in [0.29, 0.717) is 0 Å². The first-order chi connectivity index (χ1) is 9.06. The van der Waals surface area contributed by atoms with Crippen molar-refractivity contribution in [3.63, 3.8) is 0 Å².